The predicted octanol–water partition coefficient (Wildman–Crippen LogP) is 4.73. The van der Waals surface area contributed by atoms with Crippen LogP contribution in [0.4, 0.5) is 0 Å². The zero-order valence-corrected chi connectivity index (χ0v) is 11.8. The molecular formula is C16H21ClO. The highest BCUT2D eigenvalue weighted by molar-refractivity contribution is 6.31. The molecule has 0 radical (unpaired) electrons. The number of aryl methyl sites for hydroxylation is 1. The van der Waals surface area contributed by atoms with Gasteiger partial charge < -0.3 is 0 Å². The second kappa shape index (κ2) is 6.38. The molecular weight excluding hydrogens is 244 g/mol. The second-order valence-corrected chi connectivity index (χ2v) is 5.93. The number of benzene rings is 1. The van der Waals surface area contributed by atoms with Crippen molar-refractivity contribution in [2.24, 2.45) is 5.92 Å². The summed E-state index contributed by atoms with van der Waals surface area (Å²) < 4.78 is 0. The first kappa shape index (κ1) is 13.6. The van der Waals surface area contributed by atoms with E-state index in [-0.39, 0.29) is 0 Å². The summed E-state index contributed by atoms with van der Waals surface area (Å²) in [5.41, 5.74) is 2.12. The minimum Gasteiger partial charge on any atom is -0.299 e. The summed E-state index contributed by atoms with van der Waals surface area (Å²) in [6.45, 7) is 2.01. The van der Waals surface area contributed by atoms with Gasteiger partial charge in [0.25, 0.3) is 0 Å². The monoisotopic (exact) mass is 264 g/mol. The third kappa shape index (κ3) is 3.84. The van der Waals surface area contributed by atoms with E-state index in [0.29, 0.717) is 18.1 Å². The average Bonchev–Trinajstić information content (AvgIpc) is 2.34. The Bertz CT molecular complexity index is 419. The predicted molar refractivity (Wildman–Crippen MR) is 76.1 cm³/mol. The van der Waals surface area contributed by atoms with E-state index in [4.69, 9.17) is 11.6 Å². The summed E-state index contributed by atoms with van der Waals surface area (Å²) in [6, 6.07) is 5.94. The van der Waals surface area contributed by atoms with Crippen molar-refractivity contribution >= 4 is 17.4 Å². The molecule has 0 heterocycles. The van der Waals surface area contributed by atoms with Crippen LogP contribution in [0.2, 0.25) is 5.02 Å². The molecule has 2 heteroatoms. The number of hydrogen-bond donors (Lipinski definition) is 0. The van der Waals surface area contributed by atoms with Crippen LogP contribution in [0.1, 0.15) is 49.7 Å². The molecule has 0 bridgehead atoms. The molecule has 2 rings (SSSR count). The summed E-state index contributed by atoms with van der Waals surface area (Å²) in [4.78, 5) is 12.1. The lowest BCUT2D eigenvalue weighted by atomic mass is 9.85. The first-order chi connectivity index (χ1) is 8.65. The summed E-state index contributed by atoms with van der Waals surface area (Å²) in [5.74, 6) is 0.961. The fourth-order valence-corrected chi connectivity index (χ4v) is 3.10. The number of rotatable bonds is 4. The van der Waals surface area contributed by atoms with Crippen molar-refractivity contribution in [3.63, 3.8) is 0 Å². The Hall–Kier alpha value is -0.820. The highest BCUT2D eigenvalue weighted by atomic mass is 35.5. The number of halogens is 1. The van der Waals surface area contributed by atoms with Crippen molar-refractivity contribution in [2.75, 3.05) is 0 Å². The molecule has 1 fully saturated rings. The van der Waals surface area contributed by atoms with E-state index in [1.54, 1.807) is 0 Å². The Morgan fingerprint density at radius 2 is 2.00 bits per heavy atom. The lowest BCUT2D eigenvalue weighted by Crippen LogP contribution is -2.13. The Morgan fingerprint density at radius 1 is 1.28 bits per heavy atom. The molecule has 0 spiro atoms. The Morgan fingerprint density at radius 3 is 2.67 bits per heavy atom. The van der Waals surface area contributed by atoms with Crippen LogP contribution in [0.15, 0.2) is 18.2 Å². The van der Waals surface area contributed by atoms with Crippen LogP contribution in [-0.4, -0.2) is 5.78 Å². The van der Waals surface area contributed by atoms with Gasteiger partial charge in [0.1, 0.15) is 5.78 Å². The van der Waals surface area contributed by atoms with Crippen molar-refractivity contribution in [1.29, 1.82) is 0 Å². The highest BCUT2D eigenvalue weighted by Gasteiger charge is 2.17. The third-order valence-corrected chi connectivity index (χ3v) is 4.19. The highest BCUT2D eigenvalue weighted by Crippen LogP contribution is 2.27. The van der Waals surface area contributed by atoms with E-state index in [1.807, 2.05) is 25.1 Å². The van der Waals surface area contributed by atoms with Crippen LogP contribution in [0.3, 0.4) is 0 Å². The van der Waals surface area contributed by atoms with Gasteiger partial charge in [-0.2, -0.15) is 0 Å². The zero-order valence-electron chi connectivity index (χ0n) is 11.0. The summed E-state index contributed by atoms with van der Waals surface area (Å²) in [7, 11) is 0. The summed E-state index contributed by atoms with van der Waals surface area (Å²) in [5, 5.41) is 0.729. The van der Waals surface area contributed by atoms with Gasteiger partial charge in [-0.05, 0) is 30.0 Å². The van der Waals surface area contributed by atoms with Crippen molar-refractivity contribution in [3.8, 4) is 0 Å². The summed E-state index contributed by atoms with van der Waals surface area (Å²) in [6.07, 6.45) is 7.63. The molecule has 1 aliphatic rings. The Balaban J connectivity index is 1.90. The number of carbonyl (C=O) groups is 1. The first-order valence-electron chi connectivity index (χ1n) is 6.92. The van der Waals surface area contributed by atoms with Crippen LogP contribution in [0, 0.1) is 12.8 Å². The van der Waals surface area contributed by atoms with Gasteiger partial charge in [-0.25, -0.2) is 0 Å². The molecule has 1 nitrogen and oxygen atoms in total. The van der Waals surface area contributed by atoms with Gasteiger partial charge in [0.15, 0.2) is 0 Å². The van der Waals surface area contributed by atoms with Gasteiger partial charge in [-0.1, -0.05) is 55.8 Å². The van der Waals surface area contributed by atoms with Crippen LogP contribution in [0.25, 0.3) is 0 Å². The van der Waals surface area contributed by atoms with E-state index >= 15 is 0 Å². The summed E-state index contributed by atoms with van der Waals surface area (Å²) >= 11 is 6.16. The normalized spacial score (nSPS) is 16.8. The molecule has 1 aromatic carbocycles. The smallest absolute Gasteiger partial charge is 0.137 e. The van der Waals surface area contributed by atoms with E-state index in [9.17, 15) is 4.79 Å². The second-order valence-electron chi connectivity index (χ2n) is 5.52. The topological polar surface area (TPSA) is 17.1 Å². The van der Waals surface area contributed by atoms with Gasteiger partial charge in [0.2, 0.25) is 0 Å². The minimum atomic E-state index is 0.340. The van der Waals surface area contributed by atoms with Crippen LogP contribution < -0.4 is 0 Å². The maximum absolute atomic E-state index is 12.1. The van der Waals surface area contributed by atoms with E-state index in [2.05, 4.69) is 0 Å². The number of Topliss-reactive ketones (excluding diaryl/α,β-unsaturated/α-hetero) is 1. The van der Waals surface area contributed by atoms with Crippen molar-refractivity contribution < 1.29 is 4.79 Å². The number of ketones is 1. The van der Waals surface area contributed by atoms with Crippen LogP contribution in [-0.2, 0) is 11.2 Å². The molecule has 1 saturated carbocycles. The van der Waals surface area contributed by atoms with Crippen molar-refractivity contribution in [3.05, 3.63) is 34.3 Å². The van der Waals surface area contributed by atoms with Crippen molar-refractivity contribution in [2.45, 2.75) is 51.9 Å². The van der Waals surface area contributed by atoms with E-state index in [0.717, 1.165) is 22.6 Å². The maximum atomic E-state index is 12.1. The molecule has 0 amide bonds. The molecule has 0 atom stereocenters. The van der Waals surface area contributed by atoms with Gasteiger partial charge in [-0.3, -0.25) is 4.79 Å². The van der Waals surface area contributed by atoms with Crippen LogP contribution in [0.5, 0.6) is 0 Å². The first-order valence-corrected chi connectivity index (χ1v) is 7.29. The lowest BCUT2D eigenvalue weighted by Gasteiger charge is -2.20. The zero-order chi connectivity index (χ0) is 13.0. The quantitative estimate of drug-likeness (QED) is 0.768. The van der Waals surface area contributed by atoms with Gasteiger partial charge in [0.05, 0.1) is 0 Å². The largest absolute Gasteiger partial charge is 0.299 e. The molecule has 1 aliphatic carbocycles. The molecule has 0 saturated heterocycles. The lowest BCUT2D eigenvalue weighted by molar-refractivity contribution is -0.119. The molecule has 1 aromatic rings. The molecule has 0 aliphatic heterocycles. The van der Waals surface area contributed by atoms with Crippen LogP contribution >= 0.6 is 11.6 Å². The maximum Gasteiger partial charge on any atom is 0.137 e. The molecule has 98 valence electrons. The average molecular weight is 265 g/mol. The van der Waals surface area contributed by atoms with Gasteiger partial charge in [0, 0.05) is 17.9 Å². The van der Waals surface area contributed by atoms with Gasteiger partial charge >= 0.3 is 0 Å². The molecule has 0 aromatic heterocycles. The fraction of sp³-hybridized carbons (Fsp3) is 0.562. The Labute approximate surface area is 115 Å². The molecule has 0 N–H and O–H groups in total. The number of carbonyl (C=O) groups excluding carboxylic acids is 1. The molecule has 18 heavy (non-hydrogen) atoms. The number of hydrogen-bond acceptors (Lipinski definition) is 1. The minimum absolute atomic E-state index is 0.340. The van der Waals surface area contributed by atoms with Crippen molar-refractivity contribution in [1.82, 2.24) is 0 Å². The van der Waals surface area contributed by atoms with Gasteiger partial charge in [-0.15, -0.1) is 0 Å². The van der Waals surface area contributed by atoms with E-state index < -0.39 is 0 Å². The molecule has 0 unspecified atom stereocenters. The SMILES string of the molecule is Cc1ccc(CC(=O)CC2CCCCC2)c(Cl)c1. The van der Waals surface area contributed by atoms with E-state index in [1.165, 1.54) is 32.1 Å². The standard InChI is InChI=1S/C16H21ClO/c1-12-7-8-14(16(17)9-12)11-15(18)10-13-5-3-2-4-6-13/h7-9,13H,2-6,10-11H2,1H3. The Kier molecular flexibility index (Phi) is 4.82. The third-order valence-electron chi connectivity index (χ3n) is 3.84. The fourth-order valence-electron chi connectivity index (χ4n) is 2.79.